The zero-order valence-electron chi connectivity index (χ0n) is 16.1. The van der Waals surface area contributed by atoms with Gasteiger partial charge in [-0.3, -0.25) is 9.78 Å². The lowest BCUT2D eigenvalue weighted by Gasteiger charge is -2.18. The minimum Gasteiger partial charge on any atom is -0.358 e. The highest BCUT2D eigenvalue weighted by molar-refractivity contribution is 6.34. The van der Waals surface area contributed by atoms with E-state index in [0.717, 1.165) is 24.1 Å². The Bertz CT molecular complexity index is 937. The van der Waals surface area contributed by atoms with Crippen LogP contribution in [0.2, 0.25) is 5.02 Å². The Labute approximate surface area is 169 Å². The van der Waals surface area contributed by atoms with Crippen LogP contribution in [0, 0.1) is 13.8 Å². The quantitative estimate of drug-likeness (QED) is 0.681. The van der Waals surface area contributed by atoms with Gasteiger partial charge in [0.1, 0.15) is 11.5 Å². The Morgan fingerprint density at radius 1 is 1.14 bits per heavy atom. The minimum atomic E-state index is -0.340. The number of pyridine rings is 1. The fourth-order valence-corrected chi connectivity index (χ4v) is 3.22. The number of rotatable bonds is 6. The number of carbonyl (C=O) groups excluding carboxylic acids is 1. The molecule has 1 aromatic carbocycles. The molecule has 1 N–H and O–H groups in total. The van der Waals surface area contributed by atoms with Gasteiger partial charge in [0.25, 0.3) is 5.91 Å². The second kappa shape index (κ2) is 8.80. The number of anilines is 2. The van der Waals surface area contributed by atoms with Crippen molar-refractivity contribution in [1.82, 2.24) is 15.0 Å². The Kier molecular flexibility index (Phi) is 6.21. The summed E-state index contributed by atoms with van der Waals surface area (Å²) in [6.07, 6.45) is 7.51. The Hall–Kier alpha value is -2.99. The molecule has 1 amide bonds. The van der Waals surface area contributed by atoms with E-state index in [-0.39, 0.29) is 11.6 Å². The molecule has 2 heterocycles. The summed E-state index contributed by atoms with van der Waals surface area (Å²) in [4.78, 5) is 27.1. The first-order valence-corrected chi connectivity index (χ1v) is 9.32. The fraction of sp³-hybridized carbons (Fsp3) is 0.238. The van der Waals surface area contributed by atoms with Crippen LogP contribution in [0.4, 0.5) is 11.5 Å². The van der Waals surface area contributed by atoms with Crippen molar-refractivity contribution < 1.29 is 4.79 Å². The van der Waals surface area contributed by atoms with Gasteiger partial charge in [-0.05, 0) is 55.2 Å². The molecule has 28 heavy (non-hydrogen) atoms. The molecule has 0 radical (unpaired) electrons. The smallest absolute Gasteiger partial charge is 0.275 e. The number of aromatic nitrogens is 3. The molecule has 2 aromatic heterocycles. The van der Waals surface area contributed by atoms with Gasteiger partial charge in [-0.25, -0.2) is 9.97 Å². The first-order valence-electron chi connectivity index (χ1n) is 8.94. The number of hydrogen-bond donors (Lipinski definition) is 1. The normalized spacial score (nSPS) is 10.6. The zero-order chi connectivity index (χ0) is 20.1. The molecule has 144 valence electrons. The lowest BCUT2D eigenvalue weighted by molar-refractivity contribution is 0.102. The summed E-state index contributed by atoms with van der Waals surface area (Å²) >= 11 is 6.26. The highest BCUT2D eigenvalue weighted by atomic mass is 35.5. The molecular formula is C21H22ClN5O. The summed E-state index contributed by atoms with van der Waals surface area (Å²) in [6, 6.07) is 7.76. The van der Waals surface area contributed by atoms with Gasteiger partial charge in [-0.15, -0.1) is 0 Å². The Morgan fingerprint density at radius 2 is 1.89 bits per heavy atom. The molecule has 0 aliphatic heterocycles. The van der Waals surface area contributed by atoms with Crippen molar-refractivity contribution >= 4 is 29.0 Å². The number of carbonyl (C=O) groups is 1. The number of aryl methyl sites for hydroxylation is 2. The van der Waals surface area contributed by atoms with Gasteiger partial charge in [0.2, 0.25) is 0 Å². The van der Waals surface area contributed by atoms with Crippen LogP contribution in [-0.2, 0) is 6.42 Å². The molecule has 0 aliphatic carbocycles. The van der Waals surface area contributed by atoms with E-state index in [9.17, 15) is 4.79 Å². The number of benzene rings is 1. The van der Waals surface area contributed by atoms with Crippen molar-refractivity contribution in [3.05, 3.63) is 76.5 Å². The molecule has 0 fully saturated rings. The molecule has 0 atom stereocenters. The van der Waals surface area contributed by atoms with E-state index < -0.39 is 0 Å². The van der Waals surface area contributed by atoms with Crippen LogP contribution >= 0.6 is 11.6 Å². The number of halogens is 1. The van der Waals surface area contributed by atoms with Gasteiger partial charge in [0.05, 0.1) is 23.1 Å². The molecule has 3 aromatic rings. The van der Waals surface area contributed by atoms with Gasteiger partial charge in [0.15, 0.2) is 0 Å². The van der Waals surface area contributed by atoms with Crippen LogP contribution in [0.3, 0.4) is 0 Å². The van der Waals surface area contributed by atoms with E-state index in [1.165, 1.54) is 11.8 Å². The first kappa shape index (κ1) is 19.8. The van der Waals surface area contributed by atoms with Crippen LogP contribution in [0.25, 0.3) is 0 Å². The van der Waals surface area contributed by atoms with E-state index in [4.69, 9.17) is 11.6 Å². The number of likely N-dealkylation sites (N-methyl/N-ethyl adjacent to an activating group) is 1. The van der Waals surface area contributed by atoms with Gasteiger partial charge >= 0.3 is 0 Å². The lowest BCUT2D eigenvalue weighted by atomic mass is 10.1. The molecule has 0 spiro atoms. The number of nitrogens with one attached hydrogen (secondary N) is 1. The van der Waals surface area contributed by atoms with E-state index in [1.54, 1.807) is 18.6 Å². The topological polar surface area (TPSA) is 71.0 Å². The predicted molar refractivity (Wildman–Crippen MR) is 112 cm³/mol. The van der Waals surface area contributed by atoms with Crippen molar-refractivity contribution in [3.8, 4) is 0 Å². The second-order valence-electron chi connectivity index (χ2n) is 6.68. The largest absolute Gasteiger partial charge is 0.358 e. The third-order valence-corrected chi connectivity index (χ3v) is 4.72. The zero-order valence-corrected chi connectivity index (χ0v) is 16.9. The number of hydrogen-bond acceptors (Lipinski definition) is 5. The molecule has 3 rings (SSSR count). The lowest BCUT2D eigenvalue weighted by Crippen LogP contribution is -2.22. The molecule has 7 heteroatoms. The molecule has 0 unspecified atom stereocenters. The summed E-state index contributed by atoms with van der Waals surface area (Å²) in [5.41, 5.74) is 3.98. The van der Waals surface area contributed by atoms with Gasteiger partial charge in [-0.2, -0.15) is 0 Å². The average Bonchev–Trinajstić information content (AvgIpc) is 2.69. The van der Waals surface area contributed by atoms with Crippen molar-refractivity contribution in [2.75, 3.05) is 23.8 Å². The monoisotopic (exact) mass is 395 g/mol. The summed E-state index contributed by atoms with van der Waals surface area (Å²) in [6.45, 7) is 4.64. The first-order chi connectivity index (χ1) is 13.4. The molecule has 0 saturated heterocycles. The highest BCUT2D eigenvalue weighted by Crippen LogP contribution is 2.27. The van der Waals surface area contributed by atoms with Crippen molar-refractivity contribution in [2.24, 2.45) is 0 Å². The summed E-state index contributed by atoms with van der Waals surface area (Å²) in [7, 11) is 1.94. The van der Waals surface area contributed by atoms with E-state index in [0.29, 0.717) is 16.5 Å². The molecule has 0 bridgehead atoms. The highest BCUT2D eigenvalue weighted by Gasteiger charge is 2.13. The minimum absolute atomic E-state index is 0.238. The summed E-state index contributed by atoms with van der Waals surface area (Å²) in [5, 5.41) is 3.33. The maximum absolute atomic E-state index is 12.5. The van der Waals surface area contributed by atoms with Crippen molar-refractivity contribution in [2.45, 2.75) is 20.3 Å². The van der Waals surface area contributed by atoms with Crippen LogP contribution in [0.15, 0.2) is 49.1 Å². The van der Waals surface area contributed by atoms with Gasteiger partial charge in [-0.1, -0.05) is 17.7 Å². The third-order valence-electron chi connectivity index (χ3n) is 4.42. The summed E-state index contributed by atoms with van der Waals surface area (Å²) in [5.74, 6) is 0.363. The SMILES string of the molecule is Cc1cc(C)c(NC(=O)c2cnc(N(C)CCc3ccncc3)cn2)c(Cl)c1. The van der Waals surface area contributed by atoms with E-state index >= 15 is 0 Å². The number of amides is 1. The molecule has 0 saturated carbocycles. The van der Waals surface area contributed by atoms with Crippen LogP contribution in [0.5, 0.6) is 0 Å². The third kappa shape index (κ3) is 4.84. The van der Waals surface area contributed by atoms with Crippen molar-refractivity contribution in [1.29, 1.82) is 0 Å². The van der Waals surface area contributed by atoms with Gasteiger partial charge in [0, 0.05) is 26.0 Å². The summed E-state index contributed by atoms with van der Waals surface area (Å²) < 4.78 is 0. The van der Waals surface area contributed by atoms with Crippen LogP contribution in [-0.4, -0.2) is 34.5 Å². The fourth-order valence-electron chi connectivity index (χ4n) is 2.85. The van der Waals surface area contributed by atoms with Crippen molar-refractivity contribution in [3.63, 3.8) is 0 Å². The van der Waals surface area contributed by atoms with Gasteiger partial charge < -0.3 is 10.2 Å². The van der Waals surface area contributed by atoms with Crippen LogP contribution in [0.1, 0.15) is 27.2 Å². The average molecular weight is 396 g/mol. The van der Waals surface area contributed by atoms with E-state index in [2.05, 4.69) is 20.3 Å². The maximum atomic E-state index is 12.5. The van der Waals surface area contributed by atoms with E-state index in [1.807, 2.05) is 50.1 Å². The Morgan fingerprint density at radius 3 is 2.54 bits per heavy atom. The second-order valence-corrected chi connectivity index (χ2v) is 7.09. The Balaban J connectivity index is 1.64. The predicted octanol–water partition coefficient (Wildman–Crippen LogP) is 4.07. The standard InChI is InChI=1S/C21H22ClN5O/c1-14-10-15(2)20(17(22)11-14)26-21(28)18-12-25-19(13-24-18)27(3)9-6-16-4-7-23-8-5-16/h4-5,7-8,10-13H,6,9H2,1-3H3,(H,26,28). The molecular weight excluding hydrogens is 374 g/mol. The maximum Gasteiger partial charge on any atom is 0.275 e. The number of nitrogens with zero attached hydrogens (tertiary/aromatic N) is 4. The van der Waals surface area contributed by atoms with Crippen LogP contribution < -0.4 is 10.2 Å². The molecule has 6 nitrogen and oxygen atoms in total. The molecule has 0 aliphatic rings.